The monoisotopic (exact) mass is 345 g/mol. The largest absolute Gasteiger partial charge is 0.492 e. The molecule has 0 bridgehead atoms. The topological polar surface area (TPSA) is 67.6 Å². The minimum atomic E-state index is -4.49. The third-order valence-corrected chi connectivity index (χ3v) is 3.91. The van der Waals surface area contributed by atoms with E-state index in [4.69, 9.17) is 10.5 Å². The fraction of sp³-hybridized carbons (Fsp3) is 0.562. The van der Waals surface area contributed by atoms with Crippen molar-refractivity contribution in [3.05, 3.63) is 23.8 Å². The van der Waals surface area contributed by atoms with Gasteiger partial charge in [0.05, 0.1) is 17.9 Å². The van der Waals surface area contributed by atoms with E-state index in [2.05, 4.69) is 5.32 Å². The first-order valence-corrected chi connectivity index (χ1v) is 7.96. The summed E-state index contributed by atoms with van der Waals surface area (Å²) >= 11 is 0. The first-order chi connectivity index (χ1) is 11.3. The maximum atomic E-state index is 12.9. The summed E-state index contributed by atoms with van der Waals surface area (Å²) in [5, 5.41) is 2.54. The van der Waals surface area contributed by atoms with Crippen LogP contribution in [0.2, 0.25) is 0 Å². The van der Waals surface area contributed by atoms with Gasteiger partial charge in [0.2, 0.25) is 0 Å². The van der Waals surface area contributed by atoms with Crippen LogP contribution in [0.4, 0.5) is 23.7 Å². The lowest BCUT2D eigenvalue weighted by molar-refractivity contribution is -0.137. The summed E-state index contributed by atoms with van der Waals surface area (Å²) in [6.07, 6.45) is -2.21. The van der Waals surface area contributed by atoms with Crippen molar-refractivity contribution in [3.63, 3.8) is 0 Å². The van der Waals surface area contributed by atoms with Gasteiger partial charge in [-0.25, -0.2) is 4.79 Å². The van der Waals surface area contributed by atoms with Crippen LogP contribution in [-0.4, -0.2) is 36.7 Å². The molecule has 0 aromatic heterocycles. The van der Waals surface area contributed by atoms with Gasteiger partial charge in [-0.3, -0.25) is 0 Å². The van der Waals surface area contributed by atoms with E-state index in [0.29, 0.717) is 19.5 Å². The minimum absolute atomic E-state index is 0.0187. The Kier molecular flexibility index (Phi) is 5.93. The van der Waals surface area contributed by atoms with Gasteiger partial charge in [-0.2, -0.15) is 13.2 Å². The number of urea groups is 1. The SMILES string of the molecule is CCOc1ccc(C(F)(F)F)cc1NC(=O)N1CCCC(N)CC1. The van der Waals surface area contributed by atoms with Gasteiger partial charge in [-0.05, 0) is 44.4 Å². The second-order valence-corrected chi connectivity index (χ2v) is 5.75. The number of nitrogens with zero attached hydrogens (tertiary/aromatic N) is 1. The standard InChI is InChI=1S/C16H22F3N3O2/c1-2-24-14-6-5-11(16(17,18)19)10-13(14)21-15(23)22-8-3-4-12(20)7-9-22/h5-6,10,12H,2-4,7-9,20H2,1H3,(H,21,23). The molecule has 1 saturated heterocycles. The number of nitrogens with two attached hydrogens (primary N) is 1. The van der Waals surface area contributed by atoms with E-state index in [-0.39, 0.29) is 24.1 Å². The molecule has 0 radical (unpaired) electrons. The van der Waals surface area contributed by atoms with Crippen LogP contribution in [0.3, 0.4) is 0 Å². The summed E-state index contributed by atoms with van der Waals surface area (Å²) in [4.78, 5) is 14.0. The normalized spacial score (nSPS) is 18.9. The first kappa shape index (κ1) is 18.4. The van der Waals surface area contributed by atoms with Gasteiger partial charge in [0, 0.05) is 19.1 Å². The molecular weight excluding hydrogens is 323 g/mol. The van der Waals surface area contributed by atoms with Crippen molar-refractivity contribution in [2.24, 2.45) is 5.73 Å². The van der Waals surface area contributed by atoms with Crippen LogP contribution >= 0.6 is 0 Å². The van der Waals surface area contributed by atoms with Gasteiger partial charge in [-0.15, -0.1) is 0 Å². The molecule has 8 heteroatoms. The molecule has 1 aromatic carbocycles. The lowest BCUT2D eigenvalue weighted by Crippen LogP contribution is -2.36. The Morgan fingerprint density at radius 2 is 2.12 bits per heavy atom. The van der Waals surface area contributed by atoms with Crippen molar-refractivity contribution in [2.75, 3.05) is 25.0 Å². The Hall–Kier alpha value is -1.96. The zero-order valence-electron chi connectivity index (χ0n) is 13.5. The Labute approximate surface area is 138 Å². The van der Waals surface area contributed by atoms with Crippen molar-refractivity contribution >= 4 is 11.7 Å². The Morgan fingerprint density at radius 1 is 1.38 bits per heavy atom. The molecule has 1 heterocycles. The highest BCUT2D eigenvalue weighted by molar-refractivity contribution is 5.91. The molecule has 1 aliphatic rings. The summed E-state index contributed by atoms with van der Waals surface area (Å²) in [6.45, 7) is 3.02. The van der Waals surface area contributed by atoms with Crippen LogP contribution in [0.15, 0.2) is 18.2 Å². The van der Waals surface area contributed by atoms with Crippen molar-refractivity contribution in [1.82, 2.24) is 4.90 Å². The number of benzene rings is 1. The molecule has 24 heavy (non-hydrogen) atoms. The van der Waals surface area contributed by atoms with E-state index in [0.717, 1.165) is 25.0 Å². The summed E-state index contributed by atoms with van der Waals surface area (Å²) in [5.74, 6) is 0.213. The minimum Gasteiger partial charge on any atom is -0.492 e. The van der Waals surface area contributed by atoms with Gasteiger partial charge in [-0.1, -0.05) is 0 Å². The van der Waals surface area contributed by atoms with Gasteiger partial charge in [0.25, 0.3) is 0 Å². The van der Waals surface area contributed by atoms with Crippen LogP contribution < -0.4 is 15.8 Å². The fourth-order valence-corrected chi connectivity index (χ4v) is 2.60. The maximum absolute atomic E-state index is 12.9. The average molecular weight is 345 g/mol. The molecule has 1 fully saturated rings. The van der Waals surface area contributed by atoms with Crippen molar-refractivity contribution in [3.8, 4) is 5.75 Å². The van der Waals surface area contributed by atoms with Crippen molar-refractivity contribution < 1.29 is 22.7 Å². The molecule has 0 saturated carbocycles. The molecule has 1 unspecified atom stereocenters. The van der Waals surface area contributed by atoms with E-state index in [1.54, 1.807) is 11.8 Å². The third kappa shape index (κ3) is 4.77. The highest BCUT2D eigenvalue weighted by Gasteiger charge is 2.31. The second kappa shape index (κ2) is 7.74. The quantitative estimate of drug-likeness (QED) is 0.882. The molecular formula is C16H22F3N3O2. The smallest absolute Gasteiger partial charge is 0.416 e. The van der Waals surface area contributed by atoms with Gasteiger partial charge in [0.1, 0.15) is 5.75 Å². The number of hydrogen-bond acceptors (Lipinski definition) is 3. The summed E-state index contributed by atoms with van der Waals surface area (Å²) in [7, 11) is 0. The van der Waals surface area contributed by atoms with Gasteiger partial charge < -0.3 is 20.7 Å². The molecule has 3 N–H and O–H groups in total. The fourth-order valence-electron chi connectivity index (χ4n) is 2.60. The number of carbonyl (C=O) groups excluding carboxylic acids is 1. The predicted octanol–water partition coefficient (Wildman–Crippen LogP) is 3.45. The molecule has 2 amide bonds. The molecule has 2 rings (SSSR count). The number of carbonyl (C=O) groups is 1. The lowest BCUT2D eigenvalue weighted by Gasteiger charge is -2.22. The number of rotatable bonds is 3. The Balaban J connectivity index is 2.18. The van der Waals surface area contributed by atoms with Crippen LogP contribution in [0.1, 0.15) is 31.7 Å². The molecule has 5 nitrogen and oxygen atoms in total. The number of alkyl halides is 3. The summed E-state index contributed by atoms with van der Waals surface area (Å²) < 4.78 is 44.0. The zero-order chi connectivity index (χ0) is 17.7. The molecule has 1 aliphatic heterocycles. The molecule has 1 atom stereocenters. The number of nitrogens with one attached hydrogen (secondary N) is 1. The summed E-state index contributed by atoms with van der Waals surface area (Å²) in [6, 6.07) is 2.66. The average Bonchev–Trinajstić information content (AvgIpc) is 2.73. The third-order valence-electron chi connectivity index (χ3n) is 3.91. The van der Waals surface area contributed by atoms with E-state index in [1.807, 2.05) is 0 Å². The summed E-state index contributed by atoms with van der Waals surface area (Å²) in [5.41, 5.74) is 5.06. The van der Waals surface area contributed by atoms with E-state index < -0.39 is 17.8 Å². The van der Waals surface area contributed by atoms with Crippen molar-refractivity contribution in [1.29, 1.82) is 0 Å². The Morgan fingerprint density at radius 3 is 2.79 bits per heavy atom. The van der Waals surface area contributed by atoms with E-state index in [1.165, 1.54) is 6.07 Å². The molecule has 134 valence electrons. The Bertz CT molecular complexity index is 578. The number of ether oxygens (including phenoxy) is 1. The lowest BCUT2D eigenvalue weighted by atomic mass is 10.1. The molecule has 0 aliphatic carbocycles. The van der Waals surface area contributed by atoms with Crippen molar-refractivity contribution in [2.45, 2.75) is 38.4 Å². The maximum Gasteiger partial charge on any atom is 0.416 e. The highest BCUT2D eigenvalue weighted by atomic mass is 19.4. The second-order valence-electron chi connectivity index (χ2n) is 5.75. The number of anilines is 1. The van der Waals surface area contributed by atoms with Crippen LogP contribution in [0, 0.1) is 0 Å². The zero-order valence-corrected chi connectivity index (χ0v) is 13.5. The number of hydrogen-bond donors (Lipinski definition) is 2. The number of likely N-dealkylation sites (tertiary alicyclic amines) is 1. The molecule has 0 spiro atoms. The first-order valence-electron chi connectivity index (χ1n) is 7.96. The predicted molar refractivity (Wildman–Crippen MR) is 85.0 cm³/mol. The van der Waals surface area contributed by atoms with Crippen LogP contribution in [-0.2, 0) is 6.18 Å². The highest BCUT2D eigenvalue weighted by Crippen LogP contribution is 2.35. The van der Waals surface area contributed by atoms with E-state index in [9.17, 15) is 18.0 Å². The van der Waals surface area contributed by atoms with Crippen LogP contribution in [0.25, 0.3) is 0 Å². The van der Waals surface area contributed by atoms with Gasteiger partial charge in [0.15, 0.2) is 0 Å². The number of amides is 2. The molecule has 1 aromatic rings. The van der Waals surface area contributed by atoms with Gasteiger partial charge >= 0.3 is 12.2 Å². The van der Waals surface area contributed by atoms with Crippen LogP contribution in [0.5, 0.6) is 5.75 Å². The number of halogens is 3. The van der Waals surface area contributed by atoms with E-state index >= 15 is 0 Å².